The fourth-order valence-electron chi connectivity index (χ4n) is 5.00. The van der Waals surface area contributed by atoms with Gasteiger partial charge in [-0.1, -0.05) is 80.4 Å². The molecule has 2 heterocycles. The van der Waals surface area contributed by atoms with Gasteiger partial charge in [-0.3, -0.25) is 0 Å². The number of rotatable bonds is 2. The zero-order valence-corrected chi connectivity index (χ0v) is 21.1. The fraction of sp³-hybridized carbons (Fsp3) is 0. The van der Waals surface area contributed by atoms with Crippen LogP contribution < -0.4 is 0 Å². The number of furan rings is 1. The molecule has 0 amide bonds. The van der Waals surface area contributed by atoms with Crippen molar-refractivity contribution in [1.29, 1.82) is 0 Å². The molecule has 7 aromatic rings. The largest absolute Gasteiger partial charge is 0.456 e. The van der Waals surface area contributed by atoms with Gasteiger partial charge in [0.1, 0.15) is 11.2 Å². The topological polar surface area (TPSA) is 18.1 Å². The maximum absolute atomic E-state index is 6.08. The third kappa shape index (κ3) is 3.06. The first kappa shape index (κ1) is 20.1. The van der Waals surface area contributed by atoms with Crippen LogP contribution in [0.2, 0.25) is 0 Å². The highest BCUT2D eigenvalue weighted by molar-refractivity contribution is 9.11. The van der Waals surface area contributed by atoms with Crippen LogP contribution in [0.25, 0.3) is 60.6 Å². The van der Waals surface area contributed by atoms with E-state index in [-0.39, 0.29) is 0 Å². The van der Waals surface area contributed by atoms with Gasteiger partial charge >= 0.3 is 0 Å². The molecule has 0 saturated heterocycles. The van der Waals surface area contributed by atoms with Gasteiger partial charge in [0.2, 0.25) is 0 Å². The van der Waals surface area contributed by atoms with E-state index < -0.39 is 0 Å². The zero-order valence-electron chi connectivity index (χ0n) is 17.9. The van der Waals surface area contributed by atoms with Crippen LogP contribution in [0.15, 0.2) is 116 Å². The van der Waals surface area contributed by atoms with Crippen molar-refractivity contribution in [2.45, 2.75) is 0 Å². The lowest BCUT2D eigenvalue weighted by Crippen LogP contribution is -1.93. The zero-order chi connectivity index (χ0) is 22.8. The Bertz CT molecular complexity index is 1870. The Hall–Kier alpha value is -3.34. The molecule has 0 bridgehead atoms. The highest BCUT2D eigenvalue weighted by Gasteiger charge is 2.15. The Morgan fingerprint density at radius 1 is 0.500 bits per heavy atom. The van der Waals surface area contributed by atoms with Crippen LogP contribution in [0, 0.1) is 0 Å². The van der Waals surface area contributed by atoms with Gasteiger partial charge < -0.3 is 8.98 Å². The molecular formula is C30H17Br2NO. The summed E-state index contributed by atoms with van der Waals surface area (Å²) in [4.78, 5) is 0. The van der Waals surface area contributed by atoms with E-state index in [1.54, 1.807) is 0 Å². The summed E-state index contributed by atoms with van der Waals surface area (Å²) in [6, 6.07) is 36.4. The van der Waals surface area contributed by atoms with Gasteiger partial charge in [-0.05, 0) is 65.7 Å². The van der Waals surface area contributed by atoms with E-state index in [9.17, 15) is 0 Å². The second kappa shape index (κ2) is 7.59. The van der Waals surface area contributed by atoms with Gasteiger partial charge in [0, 0.05) is 36.2 Å². The molecule has 0 atom stereocenters. The number of hydrogen-bond donors (Lipinski definition) is 0. The number of aromatic nitrogens is 1. The Balaban J connectivity index is 1.55. The van der Waals surface area contributed by atoms with Crippen LogP contribution in [0.4, 0.5) is 0 Å². The summed E-state index contributed by atoms with van der Waals surface area (Å²) in [5.41, 5.74) is 7.66. The van der Waals surface area contributed by atoms with Crippen molar-refractivity contribution >= 4 is 75.6 Å². The standard InChI is InChI=1S/C30H17Br2NO/c31-20-13-19(14-21(32)16-20)18-9-11-24-23-5-1-3-7-27(23)33(28(24)15-18)22-10-12-30-26(17-22)25-6-2-4-8-29(25)34-30/h1-17H. The number of benzene rings is 5. The summed E-state index contributed by atoms with van der Waals surface area (Å²) < 4.78 is 10.5. The lowest BCUT2D eigenvalue weighted by atomic mass is 10.0. The summed E-state index contributed by atoms with van der Waals surface area (Å²) >= 11 is 7.27. The molecule has 0 fully saturated rings. The molecule has 2 aromatic heterocycles. The average molecular weight is 567 g/mol. The Labute approximate surface area is 212 Å². The third-order valence-corrected chi connectivity index (χ3v) is 7.40. The fourth-order valence-corrected chi connectivity index (χ4v) is 6.30. The smallest absolute Gasteiger partial charge is 0.135 e. The van der Waals surface area contributed by atoms with Crippen LogP contribution in [-0.2, 0) is 0 Å². The molecule has 4 heteroatoms. The molecule has 0 saturated carbocycles. The minimum Gasteiger partial charge on any atom is -0.456 e. The predicted octanol–water partition coefficient (Wildman–Crippen LogP) is 9.88. The van der Waals surface area contributed by atoms with E-state index in [4.69, 9.17) is 4.42 Å². The SMILES string of the molecule is Brc1cc(Br)cc(-c2ccc3c4ccccc4n(-c4ccc5oc6ccccc6c5c4)c3c2)c1. The summed E-state index contributed by atoms with van der Waals surface area (Å²) in [5.74, 6) is 0. The van der Waals surface area contributed by atoms with E-state index in [0.29, 0.717) is 0 Å². The number of halogens is 2. The maximum atomic E-state index is 6.08. The van der Waals surface area contributed by atoms with Crippen LogP contribution >= 0.6 is 31.9 Å². The molecule has 0 aliphatic rings. The van der Waals surface area contributed by atoms with E-state index >= 15 is 0 Å². The van der Waals surface area contributed by atoms with Crippen LogP contribution in [0.3, 0.4) is 0 Å². The third-order valence-electron chi connectivity index (χ3n) is 6.49. The van der Waals surface area contributed by atoms with Gasteiger partial charge in [0.15, 0.2) is 0 Å². The van der Waals surface area contributed by atoms with Crippen LogP contribution in [-0.4, -0.2) is 4.57 Å². The lowest BCUT2D eigenvalue weighted by molar-refractivity contribution is 0.669. The van der Waals surface area contributed by atoms with E-state index in [1.165, 1.54) is 27.4 Å². The molecule has 2 nitrogen and oxygen atoms in total. The molecule has 0 spiro atoms. The monoisotopic (exact) mass is 565 g/mol. The normalized spacial score (nSPS) is 11.8. The van der Waals surface area contributed by atoms with Crippen LogP contribution in [0.5, 0.6) is 0 Å². The van der Waals surface area contributed by atoms with Gasteiger partial charge in [-0.25, -0.2) is 0 Å². The van der Waals surface area contributed by atoms with Crippen molar-refractivity contribution in [3.05, 3.63) is 112 Å². The quantitative estimate of drug-likeness (QED) is 0.203. The minimum absolute atomic E-state index is 0.908. The summed E-state index contributed by atoms with van der Waals surface area (Å²) in [5, 5.41) is 4.76. The second-order valence-corrected chi connectivity index (χ2v) is 10.4. The van der Waals surface area contributed by atoms with Crippen molar-refractivity contribution in [3.63, 3.8) is 0 Å². The number of hydrogen-bond acceptors (Lipinski definition) is 1. The molecule has 0 unspecified atom stereocenters. The first-order valence-electron chi connectivity index (χ1n) is 11.1. The lowest BCUT2D eigenvalue weighted by Gasteiger charge is -2.10. The molecule has 0 N–H and O–H groups in total. The van der Waals surface area contributed by atoms with Crippen molar-refractivity contribution < 1.29 is 4.42 Å². The molecule has 0 aliphatic heterocycles. The first-order valence-corrected chi connectivity index (χ1v) is 12.7. The van der Waals surface area contributed by atoms with E-state index in [0.717, 1.165) is 42.1 Å². The van der Waals surface area contributed by atoms with Crippen LogP contribution in [0.1, 0.15) is 0 Å². The predicted molar refractivity (Wildman–Crippen MR) is 149 cm³/mol. The summed E-state index contributed by atoms with van der Waals surface area (Å²) in [7, 11) is 0. The van der Waals surface area contributed by atoms with Gasteiger partial charge in [0.05, 0.1) is 11.0 Å². The Kier molecular flexibility index (Phi) is 4.48. The van der Waals surface area contributed by atoms with Crippen molar-refractivity contribution in [2.24, 2.45) is 0 Å². The first-order chi connectivity index (χ1) is 16.7. The van der Waals surface area contributed by atoms with Gasteiger partial charge in [0.25, 0.3) is 0 Å². The molecule has 162 valence electrons. The highest BCUT2D eigenvalue weighted by Crippen LogP contribution is 2.37. The molecule has 0 aliphatic carbocycles. The van der Waals surface area contributed by atoms with E-state index in [2.05, 4.69) is 127 Å². The number of para-hydroxylation sites is 2. The molecule has 7 rings (SSSR count). The van der Waals surface area contributed by atoms with E-state index in [1.807, 2.05) is 12.1 Å². The maximum Gasteiger partial charge on any atom is 0.135 e. The average Bonchev–Trinajstić information content (AvgIpc) is 3.38. The highest BCUT2D eigenvalue weighted by atomic mass is 79.9. The second-order valence-electron chi connectivity index (χ2n) is 8.52. The molecule has 0 radical (unpaired) electrons. The number of fused-ring (bicyclic) bond motifs is 6. The minimum atomic E-state index is 0.908. The summed E-state index contributed by atoms with van der Waals surface area (Å²) in [6.45, 7) is 0. The number of nitrogens with zero attached hydrogens (tertiary/aromatic N) is 1. The Morgan fingerprint density at radius 2 is 1.21 bits per heavy atom. The Morgan fingerprint density at radius 3 is 2.06 bits per heavy atom. The van der Waals surface area contributed by atoms with Crippen molar-refractivity contribution in [2.75, 3.05) is 0 Å². The van der Waals surface area contributed by atoms with Gasteiger partial charge in [-0.15, -0.1) is 0 Å². The van der Waals surface area contributed by atoms with Crippen molar-refractivity contribution in [1.82, 2.24) is 4.57 Å². The van der Waals surface area contributed by atoms with Crippen molar-refractivity contribution in [3.8, 4) is 16.8 Å². The summed E-state index contributed by atoms with van der Waals surface area (Å²) in [6.07, 6.45) is 0. The van der Waals surface area contributed by atoms with Gasteiger partial charge in [-0.2, -0.15) is 0 Å². The molecule has 34 heavy (non-hydrogen) atoms. The molecule has 5 aromatic carbocycles. The molecular weight excluding hydrogens is 550 g/mol.